The Morgan fingerprint density at radius 1 is 1.50 bits per heavy atom. The van der Waals surface area contributed by atoms with E-state index in [0.29, 0.717) is 12.5 Å². The molecule has 1 aromatic heterocycles. The Morgan fingerprint density at radius 2 is 2.19 bits per heavy atom. The van der Waals surface area contributed by atoms with Crippen molar-refractivity contribution in [3.8, 4) is 0 Å². The Bertz CT molecular complexity index is 358. The van der Waals surface area contributed by atoms with E-state index in [1.807, 2.05) is 0 Å². The van der Waals surface area contributed by atoms with Crippen LogP contribution in [0.1, 0.15) is 43.6 Å². The van der Waals surface area contributed by atoms with Crippen LogP contribution in [0.3, 0.4) is 0 Å². The van der Waals surface area contributed by atoms with Crippen LogP contribution in [0.2, 0.25) is 0 Å². The number of ether oxygens (including phenoxy) is 1. The predicted molar refractivity (Wildman–Crippen MR) is 60.1 cm³/mol. The maximum Gasteiger partial charge on any atom is 0.378 e. The maximum atomic E-state index is 11.4. The summed E-state index contributed by atoms with van der Waals surface area (Å²) in [6, 6.07) is 0. The molecule has 0 saturated heterocycles. The van der Waals surface area contributed by atoms with Crippen molar-refractivity contribution in [2.45, 2.75) is 33.6 Å². The molecule has 90 valence electrons. The molecule has 0 saturated carbocycles. The smallest absolute Gasteiger partial charge is 0.378 e. The summed E-state index contributed by atoms with van der Waals surface area (Å²) in [6.07, 6.45) is 1.87. The van der Waals surface area contributed by atoms with Gasteiger partial charge in [-0.05, 0) is 19.3 Å². The fourth-order valence-electron chi connectivity index (χ4n) is 1.33. The molecule has 0 aliphatic heterocycles. The van der Waals surface area contributed by atoms with E-state index in [4.69, 9.17) is 4.74 Å². The fourth-order valence-corrected chi connectivity index (χ4v) is 1.33. The first-order valence-electron chi connectivity index (χ1n) is 5.61. The second-order valence-corrected chi connectivity index (χ2v) is 4.13. The maximum absolute atomic E-state index is 11.4. The molecular formula is C11H19N3O2. The number of esters is 1. The predicted octanol–water partition coefficient (Wildman–Crippen LogP) is 1.58. The van der Waals surface area contributed by atoms with Gasteiger partial charge >= 0.3 is 5.97 Å². The van der Waals surface area contributed by atoms with Crippen molar-refractivity contribution in [2.75, 3.05) is 6.61 Å². The highest BCUT2D eigenvalue weighted by Crippen LogP contribution is 2.07. The number of aromatic nitrogens is 3. The lowest BCUT2D eigenvalue weighted by Gasteiger charge is -2.02. The highest BCUT2D eigenvalue weighted by Gasteiger charge is 2.15. The zero-order valence-electron chi connectivity index (χ0n) is 10.4. The summed E-state index contributed by atoms with van der Waals surface area (Å²) in [6.45, 7) is 6.42. The van der Waals surface area contributed by atoms with Crippen LogP contribution in [-0.2, 0) is 18.2 Å². The lowest BCUT2D eigenvalue weighted by atomic mass is 10.1. The summed E-state index contributed by atoms with van der Waals surface area (Å²) < 4.78 is 6.49. The molecule has 0 spiro atoms. The number of rotatable bonds is 5. The van der Waals surface area contributed by atoms with E-state index in [0.717, 1.165) is 18.7 Å². The molecule has 1 rings (SSSR count). The van der Waals surface area contributed by atoms with Crippen molar-refractivity contribution in [2.24, 2.45) is 13.0 Å². The van der Waals surface area contributed by atoms with Gasteiger partial charge < -0.3 is 4.74 Å². The molecule has 0 atom stereocenters. The number of carbonyl (C=O) groups excluding carboxylic acids is 1. The highest BCUT2D eigenvalue weighted by molar-refractivity contribution is 5.84. The molecular weight excluding hydrogens is 206 g/mol. The number of hydrogen-bond acceptors (Lipinski definition) is 4. The molecule has 5 nitrogen and oxygen atoms in total. The zero-order valence-corrected chi connectivity index (χ0v) is 10.4. The average molecular weight is 225 g/mol. The van der Waals surface area contributed by atoms with Crippen LogP contribution >= 0.6 is 0 Å². The van der Waals surface area contributed by atoms with Crippen LogP contribution in [0.15, 0.2) is 0 Å². The monoisotopic (exact) mass is 225 g/mol. The van der Waals surface area contributed by atoms with Gasteiger partial charge in [0.2, 0.25) is 0 Å². The second-order valence-electron chi connectivity index (χ2n) is 4.13. The van der Waals surface area contributed by atoms with Crippen LogP contribution in [0, 0.1) is 5.92 Å². The van der Waals surface area contributed by atoms with E-state index < -0.39 is 5.97 Å². The minimum atomic E-state index is -0.450. The van der Waals surface area contributed by atoms with Gasteiger partial charge in [0.05, 0.1) is 6.61 Å². The van der Waals surface area contributed by atoms with Crippen LogP contribution in [0.4, 0.5) is 0 Å². The van der Waals surface area contributed by atoms with Crippen molar-refractivity contribution in [3.05, 3.63) is 11.6 Å². The number of hydrogen-bond donors (Lipinski definition) is 0. The zero-order chi connectivity index (χ0) is 12.1. The Labute approximate surface area is 95.8 Å². The van der Waals surface area contributed by atoms with Gasteiger partial charge in [-0.25, -0.2) is 9.78 Å². The molecule has 16 heavy (non-hydrogen) atoms. The first-order chi connectivity index (χ1) is 7.54. The van der Waals surface area contributed by atoms with Crippen LogP contribution in [0.5, 0.6) is 0 Å². The molecule has 0 aliphatic carbocycles. The molecule has 5 heteroatoms. The van der Waals surface area contributed by atoms with Gasteiger partial charge in [-0.2, -0.15) is 0 Å². The first kappa shape index (κ1) is 12.7. The normalized spacial score (nSPS) is 10.8. The Hall–Kier alpha value is -1.39. The second kappa shape index (κ2) is 5.63. The molecule has 0 fully saturated rings. The summed E-state index contributed by atoms with van der Waals surface area (Å²) in [5.74, 6) is 1.15. The molecule has 0 N–H and O–H groups in total. The first-order valence-corrected chi connectivity index (χ1v) is 5.61. The molecule has 0 radical (unpaired) electrons. The third-order valence-electron chi connectivity index (χ3n) is 2.26. The third-order valence-corrected chi connectivity index (χ3v) is 2.26. The van der Waals surface area contributed by atoms with Gasteiger partial charge in [0.25, 0.3) is 5.82 Å². The van der Waals surface area contributed by atoms with Crippen molar-refractivity contribution in [1.29, 1.82) is 0 Å². The average Bonchev–Trinajstić information content (AvgIpc) is 2.57. The van der Waals surface area contributed by atoms with Gasteiger partial charge in [-0.3, -0.25) is 4.68 Å². The van der Waals surface area contributed by atoms with Crippen LogP contribution in [0.25, 0.3) is 0 Å². The standard InChI is InChI=1S/C11H19N3O2/c1-5-16-11(15)10-12-9(14(4)13-10)7-6-8(2)3/h8H,5-7H2,1-4H3. The van der Waals surface area contributed by atoms with Gasteiger partial charge in [0.15, 0.2) is 0 Å². The van der Waals surface area contributed by atoms with E-state index in [2.05, 4.69) is 23.9 Å². The SMILES string of the molecule is CCOC(=O)c1nc(CCC(C)C)n(C)n1. The van der Waals surface area contributed by atoms with E-state index in [9.17, 15) is 4.79 Å². The lowest BCUT2D eigenvalue weighted by Crippen LogP contribution is -2.07. The third kappa shape index (κ3) is 3.32. The number of aryl methyl sites for hydroxylation is 2. The summed E-state index contributed by atoms with van der Waals surface area (Å²) in [7, 11) is 1.80. The summed E-state index contributed by atoms with van der Waals surface area (Å²) in [5.41, 5.74) is 0. The van der Waals surface area contributed by atoms with Gasteiger partial charge in [0.1, 0.15) is 5.82 Å². The molecule has 0 aromatic carbocycles. The van der Waals surface area contributed by atoms with Gasteiger partial charge in [-0.1, -0.05) is 13.8 Å². The van der Waals surface area contributed by atoms with E-state index in [-0.39, 0.29) is 5.82 Å². The molecule has 0 unspecified atom stereocenters. The van der Waals surface area contributed by atoms with E-state index in [1.165, 1.54) is 0 Å². The molecule has 1 heterocycles. The number of carbonyl (C=O) groups is 1. The van der Waals surface area contributed by atoms with Gasteiger partial charge in [-0.15, -0.1) is 5.10 Å². The molecule has 0 aliphatic rings. The van der Waals surface area contributed by atoms with Crippen LogP contribution in [-0.4, -0.2) is 27.3 Å². The summed E-state index contributed by atoms with van der Waals surface area (Å²) in [4.78, 5) is 15.6. The van der Waals surface area contributed by atoms with Crippen LogP contribution < -0.4 is 0 Å². The van der Waals surface area contributed by atoms with Crippen molar-refractivity contribution in [3.63, 3.8) is 0 Å². The topological polar surface area (TPSA) is 57.0 Å². The number of nitrogens with zero attached hydrogens (tertiary/aromatic N) is 3. The quantitative estimate of drug-likeness (QED) is 0.714. The van der Waals surface area contributed by atoms with Crippen molar-refractivity contribution >= 4 is 5.97 Å². The van der Waals surface area contributed by atoms with Crippen molar-refractivity contribution in [1.82, 2.24) is 14.8 Å². The Morgan fingerprint density at radius 3 is 2.75 bits per heavy atom. The van der Waals surface area contributed by atoms with E-state index >= 15 is 0 Å². The lowest BCUT2D eigenvalue weighted by molar-refractivity contribution is 0.0512. The Kier molecular flexibility index (Phi) is 4.46. The largest absolute Gasteiger partial charge is 0.460 e. The minimum Gasteiger partial charge on any atom is -0.460 e. The van der Waals surface area contributed by atoms with Gasteiger partial charge in [0, 0.05) is 13.5 Å². The Balaban J connectivity index is 2.69. The summed E-state index contributed by atoms with van der Waals surface area (Å²) in [5, 5.41) is 4.04. The molecule has 0 amide bonds. The fraction of sp³-hybridized carbons (Fsp3) is 0.727. The molecule has 0 bridgehead atoms. The van der Waals surface area contributed by atoms with E-state index in [1.54, 1.807) is 18.7 Å². The summed E-state index contributed by atoms with van der Waals surface area (Å²) >= 11 is 0. The highest BCUT2D eigenvalue weighted by atomic mass is 16.5. The van der Waals surface area contributed by atoms with Crippen molar-refractivity contribution < 1.29 is 9.53 Å². The molecule has 1 aromatic rings. The minimum absolute atomic E-state index is 0.156.